The third kappa shape index (κ3) is 3.87. The summed E-state index contributed by atoms with van der Waals surface area (Å²) in [5.74, 6) is 0.118. The Bertz CT molecular complexity index is 109. The third-order valence-electron chi connectivity index (χ3n) is 0.437. The van der Waals surface area contributed by atoms with Crippen LogP contribution in [0.5, 0.6) is 0 Å². The molecule has 0 unspecified atom stereocenters. The van der Waals surface area contributed by atoms with Crippen LogP contribution in [0.2, 0.25) is 0 Å². The van der Waals surface area contributed by atoms with Gasteiger partial charge in [0.05, 0.1) is 5.33 Å². The van der Waals surface area contributed by atoms with Crippen molar-refractivity contribution in [2.45, 2.75) is 6.92 Å². The molecule has 0 aromatic carbocycles. The lowest BCUT2D eigenvalue weighted by Gasteiger charge is -1.97. The summed E-state index contributed by atoms with van der Waals surface area (Å²) in [5, 5.41) is 0.507. The number of hydrogen-bond donors (Lipinski definition) is 0. The molecule has 0 saturated heterocycles. The number of ether oxygens (including phenoxy) is 1. The van der Waals surface area contributed by atoms with Crippen molar-refractivity contribution in [2.24, 2.45) is 0 Å². The molecule has 0 amide bonds. The summed E-state index contributed by atoms with van der Waals surface area (Å²) in [4.78, 5) is 10.1. The molecule has 46 valence electrons. The van der Waals surface area contributed by atoms with Gasteiger partial charge in [-0.15, -0.1) is 0 Å². The van der Waals surface area contributed by atoms with Gasteiger partial charge in [0.25, 0.3) is 0 Å². The predicted octanol–water partition coefficient (Wildman–Crippen LogP) is 1.46. The molecule has 0 aromatic rings. The van der Waals surface area contributed by atoms with E-state index in [2.05, 4.69) is 27.2 Å². The molecule has 0 aromatic heterocycles. The fraction of sp³-hybridized carbons (Fsp3) is 0.400. The van der Waals surface area contributed by atoms with E-state index < -0.39 is 0 Å². The molecule has 0 bridgehead atoms. The van der Waals surface area contributed by atoms with Crippen LogP contribution in [0, 0.1) is 0 Å². The summed E-state index contributed by atoms with van der Waals surface area (Å²) in [6.45, 7) is 4.76. The fourth-order valence-corrected chi connectivity index (χ4v) is 0.345. The van der Waals surface area contributed by atoms with Gasteiger partial charge in [-0.1, -0.05) is 22.5 Å². The lowest BCUT2D eigenvalue weighted by Crippen LogP contribution is -1.97. The molecular formula is C5H7BrO2. The number of carbonyl (C=O) groups excluding carboxylic acids is 1. The molecule has 0 fully saturated rings. The molecule has 3 heteroatoms. The third-order valence-corrected chi connectivity index (χ3v) is 1.06. The average Bonchev–Trinajstić information content (AvgIpc) is 1.65. The van der Waals surface area contributed by atoms with Crippen LogP contribution in [0.25, 0.3) is 0 Å². The van der Waals surface area contributed by atoms with E-state index in [-0.39, 0.29) is 5.97 Å². The van der Waals surface area contributed by atoms with Crippen molar-refractivity contribution in [2.75, 3.05) is 5.33 Å². The highest BCUT2D eigenvalue weighted by Gasteiger charge is 1.93. The molecule has 0 atom stereocenters. The number of esters is 1. The SMILES string of the molecule is C=C(CBr)OC(C)=O. The Morgan fingerprint density at radius 3 is 2.50 bits per heavy atom. The van der Waals surface area contributed by atoms with Crippen LogP contribution in [0.4, 0.5) is 0 Å². The van der Waals surface area contributed by atoms with E-state index in [9.17, 15) is 4.79 Å². The highest BCUT2D eigenvalue weighted by molar-refractivity contribution is 9.09. The molecule has 8 heavy (non-hydrogen) atoms. The lowest BCUT2D eigenvalue weighted by atomic mass is 10.6. The van der Waals surface area contributed by atoms with Crippen LogP contribution in [-0.4, -0.2) is 11.3 Å². The van der Waals surface area contributed by atoms with Crippen molar-refractivity contribution < 1.29 is 9.53 Å². The van der Waals surface area contributed by atoms with Gasteiger partial charge in [-0.25, -0.2) is 0 Å². The Morgan fingerprint density at radius 1 is 1.88 bits per heavy atom. The maximum Gasteiger partial charge on any atom is 0.307 e. The number of hydrogen-bond acceptors (Lipinski definition) is 2. The maximum absolute atomic E-state index is 10.1. The first-order valence-electron chi connectivity index (χ1n) is 2.09. The predicted molar refractivity (Wildman–Crippen MR) is 34.7 cm³/mol. The van der Waals surface area contributed by atoms with Crippen molar-refractivity contribution in [3.05, 3.63) is 12.3 Å². The fourth-order valence-electron chi connectivity index (χ4n) is 0.231. The van der Waals surface area contributed by atoms with E-state index in [4.69, 9.17) is 0 Å². The molecule has 0 aliphatic carbocycles. The summed E-state index contributed by atoms with van der Waals surface area (Å²) in [6, 6.07) is 0. The first-order valence-corrected chi connectivity index (χ1v) is 3.21. The Hall–Kier alpha value is -0.310. The number of rotatable bonds is 2. The average molecular weight is 179 g/mol. The first-order chi connectivity index (χ1) is 3.66. The smallest absolute Gasteiger partial charge is 0.307 e. The van der Waals surface area contributed by atoms with Gasteiger partial charge >= 0.3 is 5.97 Å². The van der Waals surface area contributed by atoms with Crippen LogP contribution >= 0.6 is 15.9 Å². The van der Waals surface area contributed by atoms with E-state index in [1.165, 1.54) is 6.92 Å². The van der Waals surface area contributed by atoms with Crippen molar-refractivity contribution in [1.29, 1.82) is 0 Å². The number of carbonyl (C=O) groups is 1. The second kappa shape index (κ2) is 3.66. The van der Waals surface area contributed by atoms with Crippen LogP contribution in [0.3, 0.4) is 0 Å². The largest absolute Gasteiger partial charge is 0.431 e. The van der Waals surface area contributed by atoms with Crippen molar-refractivity contribution in [3.63, 3.8) is 0 Å². The highest BCUT2D eigenvalue weighted by atomic mass is 79.9. The van der Waals surface area contributed by atoms with Crippen LogP contribution in [0.1, 0.15) is 6.92 Å². The molecule has 0 radical (unpaired) electrons. The number of allylic oxidation sites excluding steroid dienone is 1. The Labute approximate surface area is 56.7 Å². The zero-order valence-electron chi connectivity index (χ0n) is 4.61. The minimum Gasteiger partial charge on any atom is -0.431 e. The Balaban J connectivity index is 3.40. The molecule has 0 aliphatic rings. The van der Waals surface area contributed by atoms with E-state index in [1.54, 1.807) is 0 Å². The normalized spacial score (nSPS) is 8.25. The molecule has 0 saturated carbocycles. The first kappa shape index (κ1) is 7.69. The van der Waals surface area contributed by atoms with Gasteiger partial charge in [0, 0.05) is 6.92 Å². The zero-order chi connectivity index (χ0) is 6.57. The van der Waals surface area contributed by atoms with E-state index >= 15 is 0 Å². The van der Waals surface area contributed by atoms with Gasteiger partial charge in [-0.3, -0.25) is 4.79 Å². The molecule has 0 heterocycles. The Morgan fingerprint density at radius 2 is 2.38 bits per heavy atom. The second-order valence-electron chi connectivity index (χ2n) is 1.27. The molecule has 0 N–H and O–H groups in total. The van der Waals surface area contributed by atoms with Crippen molar-refractivity contribution in [1.82, 2.24) is 0 Å². The van der Waals surface area contributed by atoms with E-state index in [0.29, 0.717) is 11.1 Å². The van der Waals surface area contributed by atoms with Gasteiger partial charge < -0.3 is 4.74 Å². The van der Waals surface area contributed by atoms with Crippen LogP contribution in [-0.2, 0) is 9.53 Å². The number of halogens is 1. The molecule has 2 nitrogen and oxygen atoms in total. The van der Waals surface area contributed by atoms with Crippen LogP contribution < -0.4 is 0 Å². The monoisotopic (exact) mass is 178 g/mol. The topological polar surface area (TPSA) is 26.3 Å². The summed E-state index contributed by atoms with van der Waals surface area (Å²) >= 11 is 3.07. The highest BCUT2D eigenvalue weighted by Crippen LogP contribution is 1.97. The van der Waals surface area contributed by atoms with Crippen LogP contribution in [0.15, 0.2) is 12.3 Å². The summed E-state index contributed by atoms with van der Waals surface area (Å²) in [6.07, 6.45) is 0. The lowest BCUT2D eigenvalue weighted by molar-refractivity contribution is -0.136. The van der Waals surface area contributed by atoms with Gasteiger partial charge in [-0.2, -0.15) is 0 Å². The molecule has 0 aliphatic heterocycles. The minimum atomic E-state index is -0.325. The summed E-state index contributed by atoms with van der Waals surface area (Å²) < 4.78 is 4.52. The Kier molecular flexibility index (Phi) is 3.52. The second-order valence-corrected chi connectivity index (χ2v) is 1.83. The maximum atomic E-state index is 10.1. The zero-order valence-corrected chi connectivity index (χ0v) is 6.19. The molecule has 0 rings (SSSR count). The van der Waals surface area contributed by atoms with Gasteiger partial charge in [0.2, 0.25) is 0 Å². The van der Waals surface area contributed by atoms with Gasteiger partial charge in [-0.05, 0) is 0 Å². The van der Waals surface area contributed by atoms with Crippen molar-refractivity contribution >= 4 is 21.9 Å². The quantitative estimate of drug-likeness (QED) is 0.364. The molecular weight excluding hydrogens is 172 g/mol. The summed E-state index contributed by atoms with van der Waals surface area (Å²) in [7, 11) is 0. The number of alkyl halides is 1. The van der Waals surface area contributed by atoms with Gasteiger partial charge in [0.15, 0.2) is 0 Å². The van der Waals surface area contributed by atoms with E-state index in [1.807, 2.05) is 0 Å². The van der Waals surface area contributed by atoms with E-state index in [0.717, 1.165) is 0 Å². The van der Waals surface area contributed by atoms with Crippen molar-refractivity contribution in [3.8, 4) is 0 Å². The standard InChI is InChI=1S/C5H7BrO2/c1-4(3-6)8-5(2)7/h1,3H2,2H3. The summed E-state index contributed by atoms with van der Waals surface area (Å²) in [5.41, 5.74) is 0. The minimum absolute atomic E-state index is 0.325. The molecule has 0 spiro atoms. The van der Waals surface area contributed by atoms with Gasteiger partial charge in [0.1, 0.15) is 5.76 Å².